The Bertz CT molecular complexity index is 1250. The van der Waals surface area contributed by atoms with Crippen molar-refractivity contribution in [3.63, 3.8) is 0 Å². The van der Waals surface area contributed by atoms with Crippen LogP contribution in [-0.2, 0) is 131 Å². The van der Waals surface area contributed by atoms with Crippen molar-refractivity contribution in [3.05, 3.63) is 113 Å². The number of phenolic OH excluding ortho intramolecular Hbond substituents is 2. The molecule has 0 fully saturated rings. The Hall–Kier alpha value is -1.86. The number of aromatic hydroxyl groups is 2. The van der Waals surface area contributed by atoms with Gasteiger partial charge < -0.3 is 60.5 Å². The zero-order valence-corrected chi connectivity index (χ0v) is 44.1. The molecule has 0 saturated carbocycles. The maximum absolute atomic E-state index is 10.9. The van der Waals surface area contributed by atoms with Gasteiger partial charge in [0.05, 0.1) is 27.1 Å². The fraction of sp³-hybridized carbons (Fsp3) is 0.342. The van der Waals surface area contributed by atoms with Gasteiger partial charge in [0.25, 0.3) is 5.97 Å². The van der Waals surface area contributed by atoms with Crippen LogP contribution in [-0.4, -0.2) is 66.1 Å². The number of carbonyl (C=O) groups is 3. The fourth-order valence-corrected chi connectivity index (χ4v) is 4.59. The summed E-state index contributed by atoms with van der Waals surface area (Å²) in [6, 6.07) is 4.60. The van der Waals surface area contributed by atoms with Crippen LogP contribution < -0.4 is 0 Å². The molecule has 15 heteroatoms. The van der Waals surface area contributed by atoms with Crippen molar-refractivity contribution in [1.82, 2.24) is 0 Å². The Morgan fingerprint density at radius 1 is 0.755 bits per heavy atom. The Morgan fingerprint density at radius 2 is 1.13 bits per heavy atom. The van der Waals surface area contributed by atoms with E-state index in [1.165, 1.54) is 39.2 Å². The Balaban J connectivity index is -0.0000000690. The molecule has 289 valence electrons. The monoisotopic (exact) mass is 996 g/mol. The number of ether oxygens (including phenoxy) is 3. The van der Waals surface area contributed by atoms with Gasteiger partial charge in [-0.05, 0) is 56.3 Å². The number of esters is 3. The third kappa shape index (κ3) is 48.1. The van der Waals surface area contributed by atoms with E-state index in [4.69, 9.17) is 31.9 Å². The van der Waals surface area contributed by atoms with Crippen molar-refractivity contribution in [3.8, 4) is 23.3 Å². The van der Waals surface area contributed by atoms with Crippen molar-refractivity contribution in [2.24, 2.45) is 5.41 Å². The van der Waals surface area contributed by atoms with Gasteiger partial charge in [0.1, 0.15) is 5.76 Å². The van der Waals surface area contributed by atoms with Crippen molar-refractivity contribution in [1.29, 1.82) is 0 Å². The molecular formula is C38H57O10Si2Y3-3. The number of rotatable bonds is 5. The molecule has 0 amide bonds. The number of carbonyl (C=O) groups excluding carboxylic acids is 3. The molecule has 1 aliphatic rings. The van der Waals surface area contributed by atoms with Gasteiger partial charge in [0.15, 0.2) is 0 Å². The minimum Gasteiger partial charge on any atom is -0.551 e. The van der Waals surface area contributed by atoms with Crippen molar-refractivity contribution in [2.45, 2.75) is 59.6 Å². The molecule has 0 spiro atoms. The third-order valence-corrected chi connectivity index (χ3v) is 5.92. The van der Waals surface area contributed by atoms with Crippen LogP contribution in [0.5, 0.6) is 11.5 Å². The van der Waals surface area contributed by atoms with Gasteiger partial charge in [0.2, 0.25) is 28.6 Å². The van der Waals surface area contributed by atoms with E-state index in [-0.39, 0.29) is 121 Å². The molecule has 0 heterocycles. The Kier molecular flexibility index (Phi) is 58.6. The summed E-state index contributed by atoms with van der Waals surface area (Å²) in [5, 5.41) is 17.9. The first-order valence-corrected chi connectivity index (χ1v) is 21.3. The maximum Gasteiger partial charge on any atom is 0.253 e. The maximum atomic E-state index is 10.9. The van der Waals surface area contributed by atoms with Gasteiger partial charge in [0, 0.05) is 122 Å². The molecule has 0 aliphatic heterocycles. The second kappa shape index (κ2) is 42.9. The molecule has 10 nitrogen and oxygen atoms in total. The van der Waals surface area contributed by atoms with E-state index in [2.05, 4.69) is 138 Å². The van der Waals surface area contributed by atoms with Crippen LogP contribution in [0.3, 0.4) is 0 Å². The van der Waals surface area contributed by atoms with E-state index in [9.17, 15) is 14.4 Å². The van der Waals surface area contributed by atoms with Crippen molar-refractivity contribution in [2.75, 3.05) is 21.3 Å². The first kappa shape index (κ1) is 72.4. The van der Waals surface area contributed by atoms with Gasteiger partial charge in [-0.1, -0.05) is 19.9 Å². The largest absolute Gasteiger partial charge is 0.551 e. The molecule has 0 atom stereocenters. The molecular weight excluding hydrogens is 939 g/mol. The van der Waals surface area contributed by atoms with Crippen LogP contribution >= 0.6 is 0 Å². The molecule has 0 saturated heterocycles. The van der Waals surface area contributed by atoms with E-state index in [1.807, 2.05) is 0 Å². The number of hydrogen-bond acceptors (Lipinski definition) is 10. The summed E-state index contributed by atoms with van der Waals surface area (Å²) in [5.74, 6) is 2.43. The normalized spacial score (nSPS) is 10.6. The molecule has 3 radical (unpaired) electrons. The third-order valence-electron chi connectivity index (χ3n) is 4.20. The number of hydrogen-bond donors (Lipinski definition) is 2. The summed E-state index contributed by atoms with van der Waals surface area (Å²) in [7, 11) is 0.506. The number of allylic oxidation sites excluding steroid dienone is 3. The van der Waals surface area contributed by atoms with Crippen LogP contribution in [0.15, 0.2) is 88.4 Å². The van der Waals surface area contributed by atoms with E-state index in [0.29, 0.717) is 0 Å². The van der Waals surface area contributed by atoms with Crippen molar-refractivity contribution >= 4 is 34.5 Å². The average Bonchev–Trinajstić information content (AvgIpc) is 3.05. The average molecular weight is 997 g/mol. The first-order chi connectivity index (χ1) is 23.1. The summed E-state index contributed by atoms with van der Waals surface area (Å²) >= 11 is 0. The Labute approximate surface area is 398 Å². The SMILES string of the molecule is C=C.C=C.C=C.C=C.CC1(C)C=C(O[Si](C)(C)C)C=C(O[Si](C)(C)C)C1.COC(=O)c1[c-]cc(O)cc1O.[C-]#CC(=O)OC.[C-]#CC(=O)OC.[Y].[Y].[Y]. The predicted octanol–water partition coefficient (Wildman–Crippen LogP) is 8.27. The van der Waals surface area contributed by atoms with Crippen LogP contribution in [0.1, 0.15) is 30.6 Å². The smallest absolute Gasteiger partial charge is 0.253 e. The topological polar surface area (TPSA) is 138 Å². The summed E-state index contributed by atoms with van der Waals surface area (Å²) in [5.41, 5.74) is 0.0360. The van der Waals surface area contributed by atoms with E-state index >= 15 is 0 Å². The zero-order chi connectivity index (χ0) is 41.3. The minimum absolute atomic E-state index is 0. The van der Waals surface area contributed by atoms with Gasteiger partial charge in [-0.2, -0.15) is 0 Å². The first-order valence-electron chi connectivity index (χ1n) is 14.5. The fourth-order valence-electron chi connectivity index (χ4n) is 2.85. The summed E-state index contributed by atoms with van der Waals surface area (Å²) in [6.45, 7) is 41.8. The van der Waals surface area contributed by atoms with Crippen LogP contribution in [0.2, 0.25) is 39.3 Å². The predicted molar refractivity (Wildman–Crippen MR) is 207 cm³/mol. The van der Waals surface area contributed by atoms with E-state index < -0.39 is 34.5 Å². The van der Waals surface area contributed by atoms with E-state index in [1.54, 1.807) is 0 Å². The Morgan fingerprint density at radius 3 is 1.40 bits per heavy atom. The molecule has 1 aliphatic carbocycles. The standard InChI is InChI=1S/C14H28O2Si2.C8H7O4.2C4H3O2.4C2H4.3Y/c1-14(2)10-12(15-17(3,4)5)9-13(11-14)16-18(6,7)8;1-12-8(11)6-3-2-5(9)4-7(6)10;2*1-3-4(5)6-2;4*1-2;;;/h9-10H,11H2,1-8H3;2,4,9-10H,1H3;2*2H3;4*1-2H2;;;/q;3*-1;;;;;;;. The summed E-state index contributed by atoms with van der Waals surface area (Å²) in [6.07, 6.45) is 17.5. The quantitative estimate of drug-likeness (QED) is 0.0741. The molecule has 2 rings (SSSR count). The molecule has 53 heavy (non-hydrogen) atoms. The molecule has 0 unspecified atom stereocenters. The van der Waals surface area contributed by atoms with Gasteiger partial charge in [-0.3, -0.25) is 0 Å². The molecule has 2 N–H and O–H groups in total. The van der Waals surface area contributed by atoms with Gasteiger partial charge in [-0.15, -0.1) is 64.8 Å². The molecule has 1 aromatic carbocycles. The second-order valence-electron chi connectivity index (χ2n) is 11.1. The van der Waals surface area contributed by atoms with Crippen LogP contribution in [0.25, 0.3) is 0 Å². The molecule has 0 aromatic heterocycles. The number of phenols is 2. The molecule has 0 bridgehead atoms. The van der Waals surface area contributed by atoms with E-state index in [0.717, 1.165) is 24.0 Å². The van der Waals surface area contributed by atoms with Gasteiger partial charge in [-0.25, -0.2) is 11.8 Å². The zero-order valence-electron chi connectivity index (χ0n) is 33.6. The van der Waals surface area contributed by atoms with Crippen LogP contribution in [0, 0.1) is 36.2 Å². The summed E-state index contributed by atoms with van der Waals surface area (Å²) in [4.78, 5) is 30.2. The minimum atomic E-state index is -1.55. The van der Waals surface area contributed by atoms with Crippen molar-refractivity contribution < 1.29 is 146 Å². The van der Waals surface area contributed by atoms with Gasteiger partial charge >= 0.3 is 0 Å². The number of methoxy groups -OCH3 is 3. The molecule has 1 aromatic rings. The number of benzene rings is 1. The van der Waals surface area contributed by atoms with Crippen LogP contribution in [0.4, 0.5) is 0 Å². The summed E-state index contributed by atoms with van der Waals surface area (Å²) < 4.78 is 24.5. The second-order valence-corrected chi connectivity index (χ2v) is 20.0.